The number of benzene rings is 1. The summed E-state index contributed by atoms with van der Waals surface area (Å²) in [5.74, 6) is 0.586. The second kappa shape index (κ2) is 7.88. The summed E-state index contributed by atoms with van der Waals surface area (Å²) in [6.07, 6.45) is -0.843. The number of amides is 1. The normalized spacial score (nSPS) is 18.8. The Labute approximate surface area is 139 Å². The highest BCUT2D eigenvalue weighted by Gasteiger charge is 2.32. The molecule has 0 spiro atoms. The summed E-state index contributed by atoms with van der Waals surface area (Å²) >= 11 is 1.65. The summed E-state index contributed by atoms with van der Waals surface area (Å²) in [6.45, 7) is 2.13. The van der Waals surface area contributed by atoms with Gasteiger partial charge in [-0.15, -0.1) is 0 Å². The molecule has 0 bridgehead atoms. The average Bonchev–Trinajstić information content (AvgIpc) is 2.54. The fourth-order valence-corrected chi connectivity index (χ4v) is 3.51. The van der Waals surface area contributed by atoms with Crippen molar-refractivity contribution in [3.63, 3.8) is 0 Å². The molecular formula is C16H18N2O4S. The van der Waals surface area contributed by atoms with E-state index in [0.29, 0.717) is 23.6 Å². The monoisotopic (exact) mass is 334 g/mol. The van der Waals surface area contributed by atoms with Gasteiger partial charge >= 0.3 is 5.97 Å². The molecule has 1 N–H and O–H groups in total. The largest absolute Gasteiger partial charge is 0.481 e. The molecule has 1 heterocycles. The molecule has 1 fully saturated rings. The number of carboxylic acids is 1. The molecule has 2 rings (SSSR count). The number of hydrogen-bond donors (Lipinski definition) is 1. The minimum atomic E-state index is -0.918. The molecule has 0 aromatic heterocycles. The molecule has 0 aliphatic carbocycles. The minimum absolute atomic E-state index is 0.0692. The lowest BCUT2D eigenvalue weighted by Gasteiger charge is -2.36. The summed E-state index contributed by atoms with van der Waals surface area (Å²) in [5, 5.41) is 18.1. The summed E-state index contributed by atoms with van der Waals surface area (Å²) in [4.78, 5) is 25.2. The van der Waals surface area contributed by atoms with Gasteiger partial charge < -0.3 is 14.7 Å². The van der Waals surface area contributed by atoms with E-state index in [4.69, 9.17) is 15.1 Å². The van der Waals surface area contributed by atoms with Crippen LogP contribution >= 0.6 is 11.8 Å². The SMILES string of the molecule is CC(Oc1ccccc1C#N)C(=O)N1CCSCC1CC(=O)O. The van der Waals surface area contributed by atoms with Crippen molar-refractivity contribution in [1.82, 2.24) is 4.90 Å². The number of nitriles is 1. The predicted molar refractivity (Wildman–Crippen MR) is 86.3 cm³/mol. The Balaban J connectivity index is 2.08. The first kappa shape index (κ1) is 17.2. The maximum Gasteiger partial charge on any atom is 0.305 e. The van der Waals surface area contributed by atoms with Gasteiger partial charge in [-0.05, 0) is 19.1 Å². The highest BCUT2D eigenvalue weighted by molar-refractivity contribution is 7.99. The molecule has 7 heteroatoms. The van der Waals surface area contributed by atoms with E-state index < -0.39 is 12.1 Å². The molecule has 1 aliphatic rings. The zero-order valence-corrected chi connectivity index (χ0v) is 13.6. The van der Waals surface area contributed by atoms with E-state index in [1.807, 2.05) is 6.07 Å². The first-order chi connectivity index (χ1) is 11.0. The van der Waals surface area contributed by atoms with Gasteiger partial charge in [-0.2, -0.15) is 17.0 Å². The quantitative estimate of drug-likeness (QED) is 0.882. The van der Waals surface area contributed by atoms with Crippen LogP contribution in [0.2, 0.25) is 0 Å². The fourth-order valence-electron chi connectivity index (χ4n) is 2.45. The van der Waals surface area contributed by atoms with E-state index in [-0.39, 0.29) is 18.4 Å². The molecular weight excluding hydrogens is 316 g/mol. The number of thioether (sulfide) groups is 1. The summed E-state index contributed by atoms with van der Waals surface area (Å²) < 4.78 is 5.64. The number of nitrogens with zero attached hydrogens (tertiary/aromatic N) is 2. The van der Waals surface area contributed by atoms with Crippen LogP contribution in [0.3, 0.4) is 0 Å². The first-order valence-electron chi connectivity index (χ1n) is 7.28. The second-order valence-electron chi connectivity index (χ2n) is 5.23. The third kappa shape index (κ3) is 4.39. The number of carbonyl (C=O) groups is 2. The second-order valence-corrected chi connectivity index (χ2v) is 6.38. The van der Waals surface area contributed by atoms with Crippen LogP contribution in [0.5, 0.6) is 5.75 Å². The third-order valence-corrected chi connectivity index (χ3v) is 4.67. The molecule has 0 saturated carbocycles. The Morgan fingerprint density at radius 2 is 2.26 bits per heavy atom. The van der Waals surface area contributed by atoms with Crippen LogP contribution in [0, 0.1) is 11.3 Å². The molecule has 1 aliphatic heterocycles. The van der Waals surface area contributed by atoms with Crippen molar-refractivity contribution >= 4 is 23.6 Å². The van der Waals surface area contributed by atoms with E-state index >= 15 is 0 Å². The van der Waals surface area contributed by atoms with Crippen molar-refractivity contribution in [3.8, 4) is 11.8 Å². The van der Waals surface area contributed by atoms with Gasteiger partial charge in [-0.3, -0.25) is 9.59 Å². The predicted octanol–water partition coefficient (Wildman–Crippen LogP) is 1.74. The van der Waals surface area contributed by atoms with E-state index in [1.165, 1.54) is 0 Å². The number of para-hydroxylation sites is 1. The number of carbonyl (C=O) groups excluding carboxylic acids is 1. The van der Waals surface area contributed by atoms with E-state index in [0.717, 1.165) is 5.75 Å². The summed E-state index contributed by atoms with van der Waals surface area (Å²) in [7, 11) is 0. The fraction of sp³-hybridized carbons (Fsp3) is 0.438. The average molecular weight is 334 g/mol. The third-order valence-electron chi connectivity index (χ3n) is 3.58. The summed E-state index contributed by atoms with van der Waals surface area (Å²) in [6, 6.07) is 8.42. The number of rotatable bonds is 5. The Kier molecular flexibility index (Phi) is 5.88. The van der Waals surface area contributed by atoms with Gasteiger partial charge in [-0.25, -0.2) is 0 Å². The summed E-state index contributed by atoms with van der Waals surface area (Å²) in [5.41, 5.74) is 0.364. The van der Waals surface area contributed by atoms with Crippen molar-refractivity contribution in [3.05, 3.63) is 29.8 Å². The lowest BCUT2D eigenvalue weighted by atomic mass is 10.1. The van der Waals surface area contributed by atoms with Gasteiger partial charge in [-0.1, -0.05) is 12.1 Å². The molecule has 1 amide bonds. The Morgan fingerprint density at radius 3 is 2.96 bits per heavy atom. The van der Waals surface area contributed by atoms with E-state index in [9.17, 15) is 9.59 Å². The van der Waals surface area contributed by atoms with Crippen LogP contribution in [-0.2, 0) is 9.59 Å². The Hall–Kier alpha value is -2.20. The smallest absolute Gasteiger partial charge is 0.305 e. The minimum Gasteiger partial charge on any atom is -0.481 e. The standard InChI is InChI=1S/C16H18N2O4S/c1-11(22-14-5-3-2-4-12(14)9-17)16(21)18-6-7-23-10-13(18)8-15(19)20/h2-5,11,13H,6-8,10H2,1H3,(H,19,20). The van der Waals surface area contributed by atoms with Crippen molar-refractivity contribution in [2.24, 2.45) is 0 Å². The molecule has 2 atom stereocenters. The van der Waals surface area contributed by atoms with Gasteiger partial charge in [0.05, 0.1) is 18.0 Å². The number of ether oxygens (including phenoxy) is 1. The van der Waals surface area contributed by atoms with Crippen LogP contribution in [0.25, 0.3) is 0 Å². The van der Waals surface area contributed by atoms with Gasteiger partial charge in [0, 0.05) is 18.1 Å². The van der Waals surface area contributed by atoms with Crippen molar-refractivity contribution < 1.29 is 19.4 Å². The van der Waals surface area contributed by atoms with Gasteiger partial charge in [0.25, 0.3) is 5.91 Å². The molecule has 1 aromatic rings. The molecule has 122 valence electrons. The van der Waals surface area contributed by atoms with Crippen LogP contribution in [0.15, 0.2) is 24.3 Å². The molecule has 6 nitrogen and oxygen atoms in total. The van der Waals surface area contributed by atoms with E-state index in [1.54, 1.807) is 47.9 Å². The maximum atomic E-state index is 12.6. The first-order valence-corrected chi connectivity index (χ1v) is 8.44. The molecule has 23 heavy (non-hydrogen) atoms. The van der Waals surface area contributed by atoms with Crippen molar-refractivity contribution in [2.45, 2.75) is 25.5 Å². The topological polar surface area (TPSA) is 90.6 Å². The molecule has 2 unspecified atom stereocenters. The molecule has 1 aromatic carbocycles. The lowest BCUT2D eigenvalue weighted by Crippen LogP contribution is -2.51. The van der Waals surface area contributed by atoms with Crippen molar-refractivity contribution in [2.75, 3.05) is 18.1 Å². The van der Waals surface area contributed by atoms with Crippen LogP contribution in [0.4, 0.5) is 0 Å². The maximum absolute atomic E-state index is 12.6. The van der Waals surface area contributed by atoms with Crippen LogP contribution in [-0.4, -0.2) is 52.1 Å². The van der Waals surface area contributed by atoms with Crippen LogP contribution in [0.1, 0.15) is 18.9 Å². The highest BCUT2D eigenvalue weighted by atomic mass is 32.2. The Morgan fingerprint density at radius 1 is 1.52 bits per heavy atom. The van der Waals surface area contributed by atoms with Gasteiger partial charge in [0.1, 0.15) is 11.8 Å². The van der Waals surface area contributed by atoms with Gasteiger partial charge in [0.15, 0.2) is 6.10 Å². The Bertz CT molecular complexity index is 629. The molecule has 1 saturated heterocycles. The zero-order valence-electron chi connectivity index (χ0n) is 12.8. The number of hydrogen-bond acceptors (Lipinski definition) is 5. The number of carboxylic acid groups (broad SMARTS) is 1. The number of aliphatic carboxylic acids is 1. The van der Waals surface area contributed by atoms with E-state index in [2.05, 4.69) is 0 Å². The van der Waals surface area contributed by atoms with Crippen molar-refractivity contribution in [1.29, 1.82) is 5.26 Å². The highest BCUT2D eigenvalue weighted by Crippen LogP contribution is 2.23. The van der Waals surface area contributed by atoms with Gasteiger partial charge in [0.2, 0.25) is 0 Å². The zero-order chi connectivity index (χ0) is 16.8. The van der Waals surface area contributed by atoms with Crippen LogP contribution < -0.4 is 4.74 Å². The lowest BCUT2D eigenvalue weighted by molar-refractivity contribution is -0.143. The molecule has 0 radical (unpaired) electrons.